The van der Waals surface area contributed by atoms with Crippen LogP contribution in [0.4, 0.5) is 0 Å². The lowest BCUT2D eigenvalue weighted by molar-refractivity contribution is 0.196. The maximum Gasteiger partial charge on any atom is 0.240 e. The quantitative estimate of drug-likeness (QED) is 0.815. The Morgan fingerprint density at radius 2 is 2.19 bits per heavy atom. The maximum absolute atomic E-state index is 11.8. The van der Waals surface area contributed by atoms with E-state index in [0.29, 0.717) is 19.6 Å². The van der Waals surface area contributed by atoms with Crippen molar-refractivity contribution in [1.82, 2.24) is 4.72 Å². The Kier molecular flexibility index (Phi) is 5.40. The summed E-state index contributed by atoms with van der Waals surface area (Å²) in [6.45, 7) is 0.920. The minimum Gasteiger partial charge on any atom is -0.385 e. The Hall–Kier alpha value is -0.430. The topological polar surface area (TPSA) is 55.4 Å². The molecular formula is C10H14BrNO3S. The normalized spacial score (nSPS) is 11.6. The van der Waals surface area contributed by atoms with Gasteiger partial charge in [-0.1, -0.05) is 22.0 Å². The van der Waals surface area contributed by atoms with Gasteiger partial charge in [0, 0.05) is 24.7 Å². The second kappa shape index (κ2) is 6.34. The van der Waals surface area contributed by atoms with Crippen LogP contribution in [-0.2, 0) is 14.8 Å². The Balaban J connectivity index is 2.64. The van der Waals surface area contributed by atoms with E-state index in [0.717, 1.165) is 4.47 Å². The molecule has 0 amide bonds. The molecule has 1 aromatic carbocycles. The molecule has 6 heteroatoms. The van der Waals surface area contributed by atoms with Crippen LogP contribution >= 0.6 is 15.9 Å². The molecule has 0 radical (unpaired) electrons. The lowest BCUT2D eigenvalue weighted by Crippen LogP contribution is -2.25. The molecule has 0 bridgehead atoms. The van der Waals surface area contributed by atoms with E-state index in [-0.39, 0.29) is 4.90 Å². The SMILES string of the molecule is COCCCNS(=O)(=O)c1cccc(Br)c1. The summed E-state index contributed by atoms with van der Waals surface area (Å²) >= 11 is 3.24. The van der Waals surface area contributed by atoms with E-state index in [4.69, 9.17) is 4.74 Å². The van der Waals surface area contributed by atoms with Crippen LogP contribution in [-0.4, -0.2) is 28.7 Å². The molecule has 1 N–H and O–H groups in total. The fraction of sp³-hybridized carbons (Fsp3) is 0.400. The monoisotopic (exact) mass is 307 g/mol. The highest BCUT2D eigenvalue weighted by Crippen LogP contribution is 2.15. The molecule has 0 unspecified atom stereocenters. The van der Waals surface area contributed by atoms with Crippen LogP contribution in [0.5, 0.6) is 0 Å². The Morgan fingerprint density at radius 1 is 1.44 bits per heavy atom. The number of hydrogen-bond acceptors (Lipinski definition) is 3. The molecule has 0 aliphatic heterocycles. The number of rotatable bonds is 6. The average molecular weight is 308 g/mol. The molecule has 0 fully saturated rings. The van der Waals surface area contributed by atoms with Crippen molar-refractivity contribution in [3.05, 3.63) is 28.7 Å². The van der Waals surface area contributed by atoms with Gasteiger partial charge in [-0.3, -0.25) is 0 Å². The molecule has 0 heterocycles. The number of methoxy groups -OCH3 is 1. The Bertz CT molecular complexity index is 433. The number of benzene rings is 1. The largest absolute Gasteiger partial charge is 0.385 e. The van der Waals surface area contributed by atoms with Crippen LogP contribution in [0.2, 0.25) is 0 Å². The summed E-state index contributed by atoms with van der Waals surface area (Å²) in [6, 6.07) is 6.60. The van der Waals surface area contributed by atoms with Gasteiger partial charge in [0.2, 0.25) is 10.0 Å². The molecule has 16 heavy (non-hydrogen) atoms. The molecule has 4 nitrogen and oxygen atoms in total. The number of hydrogen-bond donors (Lipinski definition) is 1. The van der Waals surface area contributed by atoms with Crippen molar-refractivity contribution in [2.75, 3.05) is 20.3 Å². The minimum absolute atomic E-state index is 0.263. The summed E-state index contributed by atoms with van der Waals surface area (Å²) in [5.74, 6) is 0. The first-order chi connectivity index (χ1) is 7.56. The number of halogens is 1. The van der Waals surface area contributed by atoms with Crippen molar-refractivity contribution in [1.29, 1.82) is 0 Å². The minimum atomic E-state index is -3.40. The first kappa shape index (κ1) is 13.6. The third kappa shape index (κ3) is 4.21. The highest BCUT2D eigenvalue weighted by molar-refractivity contribution is 9.10. The van der Waals surface area contributed by atoms with E-state index < -0.39 is 10.0 Å². The molecule has 0 saturated heterocycles. The lowest BCUT2D eigenvalue weighted by Gasteiger charge is -2.06. The van der Waals surface area contributed by atoms with Gasteiger partial charge >= 0.3 is 0 Å². The fourth-order valence-corrected chi connectivity index (χ4v) is 2.81. The van der Waals surface area contributed by atoms with Gasteiger partial charge in [0.15, 0.2) is 0 Å². The van der Waals surface area contributed by atoms with Gasteiger partial charge in [0.25, 0.3) is 0 Å². The van der Waals surface area contributed by atoms with Gasteiger partial charge in [-0.05, 0) is 24.6 Å². The molecule has 0 aliphatic rings. The first-order valence-corrected chi connectivity index (χ1v) is 7.08. The summed E-state index contributed by atoms with van der Waals surface area (Å²) in [6.07, 6.45) is 0.656. The van der Waals surface area contributed by atoms with Crippen LogP contribution in [0.3, 0.4) is 0 Å². The maximum atomic E-state index is 11.8. The second-order valence-electron chi connectivity index (χ2n) is 3.20. The molecule has 90 valence electrons. The van der Waals surface area contributed by atoms with Crippen LogP contribution in [0.25, 0.3) is 0 Å². The van der Waals surface area contributed by atoms with Crippen LogP contribution in [0.15, 0.2) is 33.6 Å². The lowest BCUT2D eigenvalue weighted by atomic mass is 10.4. The average Bonchev–Trinajstić information content (AvgIpc) is 2.24. The van der Waals surface area contributed by atoms with E-state index in [1.165, 1.54) is 0 Å². The highest BCUT2D eigenvalue weighted by Gasteiger charge is 2.12. The van der Waals surface area contributed by atoms with Crippen LogP contribution in [0, 0.1) is 0 Å². The van der Waals surface area contributed by atoms with Crippen LogP contribution in [0.1, 0.15) is 6.42 Å². The standard InChI is InChI=1S/C10H14BrNO3S/c1-15-7-3-6-12-16(13,14)10-5-2-4-9(11)8-10/h2,4-5,8,12H,3,6-7H2,1H3. The van der Waals surface area contributed by atoms with Gasteiger partial charge in [-0.25, -0.2) is 13.1 Å². The van der Waals surface area contributed by atoms with Crippen molar-refractivity contribution in [3.8, 4) is 0 Å². The van der Waals surface area contributed by atoms with Crippen LogP contribution < -0.4 is 4.72 Å². The first-order valence-electron chi connectivity index (χ1n) is 4.80. The zero-order valence-corrected chi connectivity index (χ0v) is 11.3. The molecule has 0 spiro atoms. The summed E-state index contributed by atoms with van der Waals surface area (Å²) < 4.78 is 31.6. The summed E-state index contributed by atoms with van der Waals surface area (Å²) in [5.41, 5.74) is 0. The smallest absolute Gasteiger partial charge is 0.240 e. The second-order valence-corrected chi connectivity index (χ2v) is 5.88. The number of nitrogens with one attached hydrogen (secondary N) is 1. The zero-order valence-electron chi connectivity index (χ0n) is 8.94. The predicted octanol–water partition coefficient (Wildman–Crippen LogP) is 1.76. The molecule has 0 aliphatic carbocycles. The predicted molar refractivity (Wildman–Crippen MR) is 65.8 cm³/mol. The van der Waals surface area contributed by atoms with Crippen molar-refractivity contribution >= 4 is 26.0 Å². The molecule has 0 aromatic heterocycles. The van der Waals surface area contributed by atoms with Gasteiger partial charge in [0.1, 0.15) is 0 Å². The summed E-state index contributed by atoms with van der Waals surface area (Å²) in [7, 11) is -1.81. The fourth-order valence-electron chi connectivity index (χ4n) is 1.14. The third-order valence-corrected chi connectivity index (χ3v) is 3.88. The number of sulfonamides is 1. The zero-order chi connectivity index (χ0) is 12.0. The molecule has 0 saturated carbocycles. The van der Waals surface area contributed by atoms with Crippen molar-refractivity contribution in [3.63, 3.8) is 0 Å². The third-order valence-electron chi connectivity index (χ3n) is 1.92. The van der Waals surface area contributed by atoms with E-state index >= 15 is 0 Å². The van der Waals surface area contributed by atoms with Gasteiger partial charge in [0.05, 0.1) is 4.90 Å². The van der Waals surface area contributed by atoms with Crippen molar-refractivity contribution in [2.24, 2.45) is 0 Å². The van der Waals surface area contributed by atoms with Gasteiger partial charge in [-0.15, -0.1) is 0 Å². The van der Waals surface area contributed by atoms with E-state index in [2.05, 4.69) is 20.7 Å². The van der Waals surface area contributed by atoms with E-state index in [9.17, 15) is 8.42 Å². The molecule has 0 atom stereocenters. The number of ether oxygens (including phenoxy) is 1. The van der Waals surface area contributed by atoms with Crippen molar-refractivity contribution in [2.45, 2.75) is 11.3 Å². The van der Waals surface area contributed by atoms with E-state index in [1.54, 1.807) is 31.4 Å². The van der Waals surface area contributed by atoms with Crippen molar-refractivity contribution < 1.29 is 13.2 Å². The molecule has 1 rings (SSSR count). The summed E-state index contributed by atoms with van der Waals surface area (Å²) in [5, 5.41) is 0. The Labute approximate surface area is 104 Å². The summed E-state index contributed by atoms with van der Waals surface area (Å²) in [4.78, 5) is 0.263. The van der Waals surface area contributed by atoms with Gasteiger partial charge < -0.3 is 4.74 Å². The van der Waals surface area contributed by atoms with E-state index in [1.807, 2.05) is 0 Å². The molecular weight excluding hydrogens is 294 g/mol. The molecule has 1 aromatic rings. The van der Waals surface area contributed by atoms with Gasteiger partial charge in [-0.2, -0.15) is 0 Å². The highest BCUT2D eigenvalue weighted by atomic mass is 79.9. The Morgan fingerprint density at radius 3 is 2.81 bits per heavy atom.